The SMILES string of the molecule is CCc1cccc(CC)c1Nc1ncc(C(=O)OC)s1. The second-order valence-corrected chi connectivity index (χ2v) is 5.34. The van der Waals surface area contributed by atoms with Crippen LogP contribution in [0.25, 0.3) is 0 Å². The van der Waals surface area contributed by atoms with Crippen molar-refractivity contribution in [3.05, 3.63) is 40.4 Å². The van der Waals surface area contributed by atoms with Gasteiger partial charge in [0.05, 0.1) is 13.3 Å². The molecule has 0 radical (unpaired) electrons. The third-order valence-corrected chi connectivity index (χ3v) is 4.02. The summed E-state index contributed by atoms with van der Waals surface area (Å²) in [4.78, 5) is 16.2. The van der Waals surface area contributed by atoms with Crippen molar-refractivity contribution in [1.82, 2.24) is 4.98 Å². The minimum Gasteiger partial charge on any atom is -0.465 e. The maximum atomic E-state index is 11.4. The second kappa shape index (κ2) is 6.52. The number of rotatable bonds is 5. The molecule has 0 saturated carbocycles. The van der Waals surface area contributed by atoms with Crippen LogP contribution in [0.15, 0.2) is 24.4 Å². The first-order valence-electron chi connectivity index (χ1n) is 6.61. The van der Waals surface area contributed by atoms with Crippen molar-refractivity contribution >= 4 is 28.1 Å². The third-order valence-electron chi connectivity index (χ3n) is 3.12. The molecular formula is C15H18N2O2S. The lowest BCUT2D eigenvalue weighted by Crippen LogP contribution is -1.99. The molecule has 5 heteroatoms. The molecule has 1 heterocycles. The highest BCUT2D eigenvalue weighted by atomic mass is 32.1. The number of nitrogens with one attached hydrogen (secondary N) is 1. The molecule has 0 aliphatic heterocycles. The number of aromatic nitrogens is 1. The Morgan fingerprint density at radius 3 is 2.50 bits per heavy atom. The lowest BCUT2D eigenvalue weighted by Gasteiger charge is -2.13. The number of carbonyl (C=O) groups is 1. The van der Waals surface area contributed by atoms with Gasteiger partial charge in [-0.1, -0.05) is 43.4 Å². The summed E-state index contributed by atoms with van der Waals surface area (Å²) in [6.07, 6.45) is 3.44. The lowest BCUT2D eigenvalue weighted by molar-refractivity contribution is 0.0606. The molecule has 0 amide bonds. The van der Waals surface area contributed by atoms with Crippen molar-refractivity contribution in [3.63, 3.8) is 0 Å². The Bertz CT molecular complexity index is 585. The number of thiazole rings is 1. The van der Waals surface area contributed by atoms with Crippen molar-refractivity contribution in [3.8, 4) is 0 Å². The molecule has 1 aromatic carbocycles. The highest BCUT2D eigenvalue weighted by Gasteiger charge is 2.12. The summed E-state index contributed by atoms with van der Waals surface area (Å²) in [6, 6.07) is 6.29. The number of anilines is 2. The standard InChI is InChI=1S/C15H18N2O2S/c1-4-10-7-6-8-11(5-2)13(10)17-15-16-9-12(20-15)14(18)19-3/h6-9H,4-5H2,1-3H3,(H,16,17). The van der Waals surface area contributed by atoms with E-state index >= 15 is 0 Å². The lowest BCUT2D eigenvalue weighted by atomic mass is 10.0. The fourth-order valence-corrected chi connectivity index (χ4v) is 2.78. The minimum absolute atomic E-state index is 0.352. The van der Waals surface area contributed by atoms with Crippen LogP contribution in [-0.4, -0.2) is 18.1 Å². The fraction of sp³-hybridized carbons (Fsp3) is 0.333. The number of carbonyl (C=O) groups excluding carboxylic acids is 1. The van der Waals surface area contributed by atoms with Crippen LogP contribution in [-0.2, 0) is 17.6 Å². The van der Waals surface area contributed by atoms with Gasteiger partial charge in [0.2, 0.25) is 0 Å². The molecule has 0 fully saturated rings. The van der Waals surface area contributed by atoms with Gasteiger partial charge in [-0.2, -0.15) is 0 Å². The fourth-order valence-electron chi connectivity index (χ4n) is 2.04. The summed E-state index contributed by atoms with van der Waals surface area (Å²) in [6.45, 7) is 4.25. The summed E-state index contributed by atoms with van der Waals surface area (Å²) in [5.74, 6) is -0.352. The molecule has 0 saturated heterocycles. The van der Waals surface area contributed by atoms with Crippen LogP contribution in [0, 0.1) is 0 Å². The van der Waals surface area contributed by atoms with Gasteiger partial charge >= 0.3 is 5.97 Å². The number of benzene rings is 1. The average Bonchev–Trinajstić information content (AvgIpc) is 2.95. The summed E-state index contributed by atoms with van der Waals surface area (Å²) < 4.78 is 4.69. The molecule has 20 heavy (non-hydrogen) atoms. The number of aryl methyl sites for hydroxylation is 2. The summed E-state index contributed by atoms with van der Waals surface area (Å²) in [7, 11) is 1.37. The molecule has 106 valence electrons. The van der Waals surface area contributed by atoms with E-state index in [1.54, 1.807) is 6.20 Å². The zero-order valence-electron chi connectivity index (χ0n) is 11.9. The molecular weight excluding hydrogens is 272 g/mol. The highest BCUT2D eigenvalue weighted by Crippen LogP contribution is 2.29. The number of methoxy groups -OCH3 is 1. The van der Waals surface area contributed by atoms with E-state index in [1.807, 2.05) is 0 Å². The topological polar surface area (TPSA) is 51.2 Å². The van der Waals surface area contributed by atoms with Gasteiger partial charge in [0.1, 0.15) is 4.88 Å². The van der Waals surface area contributed by atoms with E-state index < -0.39 is 0 Å². The van der Waals surface area contributed by atoms with Gasteiger partial charge in [-0.05, 0) is 24.0 Å². The normalized spacial score (nSPS) is 10.3. The molecule has 0 bridgehead atoms. The van der Waals surface area contributed by atoms with E-state index in [0.29, 0.717) is 10.0 Å². The Kier molecular flexibility index (Phi) is 4.74. The first-order chi connectivity index (χ1) is 9.69. The summed E-state index contributed by atoms with van der Waals surface area (Å²) in [5.41, 5.74) is 3.60. The highest BCUT2D eigenvalue weighted by molar-refractivity contribution is 7.17. The summed E-state index contributed by atoms with van der Waals surface area (Å²) >= 11 is 1.30. The van der Waals surface area contributed by atoms with Crippen molar-refractivity contribution in [2.45, 2.75) is 26.7 Å². The maximum Gasteiger partial charge on any atom is 0.349 e. The van der Waals surface area contributed by atoms with E-state index in [1.165, 1.54) is 29.6 Å². The first kappa shape index (κ1) is 14.5. The average molecular weight is 290 g/mol. The van der Waals surface area contributed by atoms with E-state index in [9.17, 15) is 4.79 Å². The first-order valence-corrected chi connectivity index (χ1v) is 7.43. The number of nitrogens with zero attached hydrogens (tertiary/aromatic N) is 1. The van der Waals surface area contributed by atoms with Crippen LogP contribution >= 0.6 is 11.3 Å². The van der Waals surface area contributed by atoms with Gasteiger partial charge in [0.15, 0.2) is 5.13 Å². The predicted octanol–water partition coefficient (Wildman–Crippen LogP) is 3.80. The Labute approximate surface area is 122 Å². The van der Waals surface area contributed by atoms with Crippen molar-refractivity contribution < 1.29 is 9.53 Å². The predicted molar refractivity (Wildman–Crippen MR) is 81.9 cm³/mol. The van der Waals surface area contributed by atoms with Gasteiger partial charge < -0.3 is 10.1 Å². The summed E-state index contributed by atoms with van der Waals surface area (Å²) in [5, 5.41) is 4.05. The zero-order chi connectivity index (χ0) is 14.5. The molecule has 2 rings (SSSR count). The van der Waals surface area contributed by atoms with Crippen LogP contribution < -0.4 is 5.32 Å². The third kappa shape index (κ3) is 2.99. The smallest absolute Gasteiger partial charge is 0.349 e. The number of para-hydroxylation sites is 1. The Hall–Kier alpha value is -1.88. The van der Waals surface area contributed by atoms with Gasteiger partial charge in [0.25, 0.3) is 0 Å². The van der Waals surface area contributed by atoms with E-state index in [-0.39, 0.29) is 5.97 Å². The van der Waals surface area contributed by atoms with Crippen molar-refractivity contribution in [2.24, 2.45) is 0 Å². The quantitative estimate of drug-likeness (QED) is 0.851. The van der Waals surface area contributed by atoms with Gasteiger partial charge in [-0.3, -0.25) is 0 Å². The van der Waals surface area contributed by atoms with E-state index in [4.69, 9.17) is 4.74 Å². The number of ether oxygens (including phenoxy) is 1. The molecule has 1 N–H and O–H groups in total. The molecule has 0 spiro atoms. The van der Waals surface area contributed by atoms with Crippen LogP contribution in [0.4, 0.5) is 10.8 Å². The Balaban J connectivity index is 2.29. The molecule has 0 aliphatic carbocycles. The Morgan fingerprint density at radius 1 is 1.30 bits per heavy atom. The Morgan fingerprint density at radius 2 is 1.95 bits per heavy atom. The number of hydrogen-bond acceptors (Lipinski definition) is 5. The number of esters is 1. The van der Waals surface area contributed by atoms with Crippen LogP contribution in [0.3, 0.4) is 0 Å². The van der Waals surface area contributed by atoms with Gasteiger partial charge in [0, 0.05) is 5.69 Å². The molecule has 1 aromatic heterocycles. The largest absolute Gasteiger partial charge is 0.465 e. The minimum atomic E-state index is -0.352. The van der Waals surface area contributed by atoms with Gasteiger partial charge in [-0.25, -0.2) is 9.78 Å². The van der Waals surface area contributed by atoms with Gasteiger partial charge in [-0.15, -0.1) is 0 Å². The second-order valence-electron chi connectivity index (χ2n) is 4.30. The van der Waals surface area contributed by atoms with E-state index in [2.05, 4.69) is 42.3 Å². The van der Waals surface area contributed by atoms with Crippen LogP contribution in [0.2, 0.25) is 0 Å². The molecule has 4 nitrogen and oxygen atoms in total. The maximum absolute atomic E-state index is 11.4. The van der Waals surface area contributed by atoms with E-state index in [0.717, 1.165) is 18.5 Å². The van der Waals surface area contributed by atoms with Crippen LogP contribution in [0.5, 0.6) is 0 Å². The molecule has 0 atom stereocenters. The van der Waals surface area contributed by atoms with Crippen molar-refractivity contribution in [1.29, 1.82) is 0 Å². The molecule has 2 aromatic rings. The number of hydrogen-bond donors (Lipinski definition) is 1. The molecule has 0 unspecified atom stereocenters. The monoisotopic (exact) mass is 290 g/mol. The zero-order valence-corrected chi connectivity index (χ0v) is 12.7. The van der Waals surface area contributed by atoms with Crippen LogP contribution in [0.1, 0.15) is 34.6 Å². The molecule has 0 aliphatic rings. The van der Waals surface area contributed by atoms with Crippen molar-refractivity contribution in [2.75, 3.05) is 12.4 Å².